The third-order valence-corrected chi connectivity index (χ3v) is 21.4. The Morgan fingerprint density at radius 2 is 1.38 bits per heavy atom. The lowest BCUT2D eigenvalue weighted by Crippen LogP contribution is -2.66. The number of methoxy groups -OCH3 is 3. The summed E-state index contributed by atoms with van der Waals surface area (Å²) < 4.78 is 58.6. The number of carboxylic acids is 1. The zero-order valence-corrected chi connectivity index (χ0v) is 46.8. The minimum Gasteiger partial charge on any atom is -0.493 e. The van der Waals surface area contributed by atoms with Crippen LogP contribution in [0.15, 0.2) is 29.9 Å². The summed E-state index contributed by atoms with van der Waals surface area (Å²) in [5, 5.41) is 97.1. The van der Waals surface area contributed by atoms with Gasteiger partial charge in [-0.3, -0.25) is 4.79 Å². The van der Waals surface area contributed by atoms with Gasteiger partial charge in [0.1, 0.15) is 67.1 Å². The van der Waals surface area contributed by atoms with Gasteiger partial charge in [-0.25, -0.2) is 4.79 Å². The molecule has 1 aromatic carbocycles. The normalized spacial score (nSPS) is 46.7. The highest BCUT2D eigenvalue weighted by atomic mass is 16.8. The molecule has 5 saturated carbocycles. The number of aliphatic hydroxyl groups is 8. The zero-order chi connectivity index (χ0) is 57.1. The van der Waals surface area contributed by atoms with E-state index in [0.717, 1.165) is 32.1 Å². The van der Waals surface area contributed by atoms with E-state index < -0.39 is 134 Å². The van der Waals surface area contributed by atoms with Crippen LogP contribution < -0.4 is 14.2 Å². The van der Waals surface area contributed by atoms with Crippen LogP contribution in [0.4, 0.5) is 0 Å². The molecule has 9 N–H and O–H groups in total. The molecule has 10 rings (SSSR count). The predicted molar refractivity (Wildman–Crippen MR) is 277 cm³/mol. The average molecular weight is 1120 g/mol. The molecule has 79 heavy (non-hydrogen) atoms. The second kappa shape index (κ2) is 21.3. The number of ether oxygens (including phenoxy) is 10. The van der Waals surface area contributed by atoms with Crippen molar-refractivity contribution in [3.05, 3.63) is 35.4 Å². The third kappa shape index (κ3) is 9.45. The SMILES string of the molecule is COc1cc(/C=C\C(=O)O[C@H]2C[C@]3(C(=O)O)C[C@H]4C[C@]45C(=CC[C@@H]4[C@@]6(C)CC[C@H](O[C@@H]7O[C@H](CO)[C@@H](O)[C@H](O)[C@H]7O[C@@H]7OC[C@@H](O[C@@H]8OC[C@@H](O)[C@H](O)[C@H]8O)[C@H](O)[C@H]7O)C(C)(C)[C@@H]6CC[C@]45C)[C@@H]3CC2(C)C)cc(OC)c1OC. The van der Waals surface area contributed by atoms with Crippen molar-refractivity contribution in [1.82, 2.24) is 0 Å². The summed E-state index contributed by atoms with van der Waals surface area (Å²) in [7, 11) is 4.55. The van der Waals surface area contributed by atoms with Crippen molar-refractivity contribution in [1.29, 1.82) is 0 Å². The van der Waals surface area contributed by atoms with Gasteiger partial charge in [0.15, 0.2) is 30.4 Å². The highest BCUT2D eigenvalue weighted by Crippen LogP contribution is 2.85. The molecular weight excluding hydrogens is 1030 g/mol. The van der Waals surface area contributed by atoms with Gasteiger partial charge in [-0.2, -0.15) is 0 Å². The topological polar surface area (TPSA) is 309 Å². The lowest BCUT2D eigenvalue weighted by molar-refractivity contribution is -0.377. The molecule has 6 aliphatic carbocycles. The van der Waals surface area contributed by atoms with Crippen molar-refractivity contribution in [3.8, 4) is 17.2 Å². The summed E-state index contributed by atoms with van der Waals surface area (Å²) in [6.45, 7) is 12.0. The monoisotopic (exact) mass is 1120 g/mol. The first-order chi connectivity index (χ1) is 37.3. The van der Waals surface area contributed by atoms with Gasteiger partial charge in [0.2, 0.25) is 5.75 Å². The van der Waals surface area contributed by atoms with E-state index in [-0.39, 0.29) is 52.9 Å². The van der Waals surface area contributed by atoms with Crippen molar-refractivity contribution in [2.75, 3.05) is 41.2 Å². The van der Waals surface area contributed by atoms with Crippen molar-refractivity contribution in [2.24, 2.45) is 56.2 Å². The van der Waals surface area contributed by atoms with Crippen LogP contribution >= 0.6 is 0 Å². The van der Waals surface area contributed by atoms with E-state index in [1.54, 1.807) is 18.2 Å². The maximum absolute atomic E-state index is 13.9. The van der Waals surface area contributed by atoms with Crippen LogP contribution in [0.2, 0.25) is 0 Å². The number of hydrogen-bond donors (Lipinski definition) is 9. The Labute approximate surface area is 461 Å². The largest absolute Gasteiger partial charge is 0.493 e. The Kier molecular flexibility index (Phi) is 15.8. The van der Waals surface area contributed by atoms with Crippen molar-refractivity contribution in [2.45, 2.75) is 191 Å². The molecule has 21 heteroatoms. The van der Waals surface area contributed by atoms with E-state index in [1.807, 2.05) is 0 Å². The third-order valence-electron chi connectivity index (χ3n) is 21.4. The van der Waals surface area contributed by atoms with E-state index in [2.05, 4.69) is 47.6 Å². The number of rotatable bonds is 14. The summed E-state index contributed by atoms with van der Waals surface area (Å²) in [5.41, 5.74) is -0.684. The molecule has 23 atom stereocenters. The molecule has 3 aliphatic heterocycles. The van der Waals surface area contributed by atoms with E-state index in [1.165, 1.54) is 33.0 Å². The van der Waals surface area contributed by atoms with Crippen LogP contribution in [0.3, 0.4) is 0 Å². The lowest BCUT2D eigenvalue weighted by atomic mass is 9.36. The maximum atomic E-state index is 13.9. The number of benzene rings is 1. The predicted octanol–water partition coefficient (Wildman–Crippen LogP) is 2.86. The van der Waals surface area contributed by atoms with Crippen molar-refractivity contribution >= 4 is 18.0 Å². The van der Waals surface area contributed by atoms with Gasteiger partial charge in [-0.05, 0) is 115 Å². The lowest BCUT2D eigenvalue weighted by Gasteiger charge is -2.69. The van der Waals surface area contributed by atoms with Gasteiger partial charge in [0.05, 0.1) is 52.7 Å². The first kappa shape index (κ1) is 58.7. The smallest absolute Gasteiger partial charge is 0.331 e. The van der Waals surface area contributed by atoms with Gasteiger partial charge in [0.25, 0.3) is 0 Å². The van der Waals surface area contributed by atoms with Crippen LogP contribution in [0.25, 0.3) is 6.08 Å². The first-order valence-corrected chi connectivity index (χ1v) is 28.1. The Morgan fingerprint density at radius 3 is 2.04 bits per heavy atom. The number of aliphatic carboxylic acids is 1. The zero-order valence-electron chi connectivity index (χ0n) is 46.8. The molecule has 21 nitrogen and oxygen atoms in total. The minimum atomic E-state index is -1.79. The second-order valence-corrected chi connectivity index (χ2v) is 26.1. The second-order valence-electron chi connectivity index (χ2n) is 26.1. The van der Waals surface area contributed by atoms with Gasteiger partial charge in [-0.1, -0.05) is 53.2 Å². The van der Waals surface area contributed by atoms with Gasteiger partial charge >= 0.3 is 11.9 Å². The number of esters is 1. The molecule has 0 amide bonds. The summed E-state index contributed by atoms with van der Waals surface area (Å²) in [4.78, 5) is 27.5. The Morgan fingerprint density at radius 1 is 0.709 bits per heavy atom. The minimum absolute atomic E-state index is 0.130. The molecule has 0 bridgehead atoms. The van der Waals surface area contributed by atoms with Crippen LogP contribution in [-0.4, -0.2) is 191 Å². The fourth-order valence-electron chi connectivity index (χ4n) is 17.1. The Balaban J connectivity index is 0.840. The number of carboxylic acid groups (broad SMARTS) is 1. The van der Waals surface area contributed by atoms with Gasteiger partial charge < -0.3 is 93.3 Å². The van der Waals surface area contributed by atoms with E-state index in [0.29, 0.717) is 42.1 Å². The number of carbonyl (C=O) groups excluding carboxylic acids is 1. The van der Waals surface area contributed by atoms with Crippen LogP contribution in [0, 0.1) is 56.2 Å². The summed E-state index contributed by atoms with van der Waals surface area (Å²) >= 11 is 0. The van der Waals surface area contributed by atoms with Gasteiger partial charge in [0, 0.05) is 23.3 Å². The summed E-state index contributed by atoms with van der Waals surface area (Å²) in [5.74, 6) is 0.217. The standard InChI is InChI=1S/C58H84O21/c1-53(2)22-30-29-11-12-37-55(5)16-15-38(78-51-48(44(65)42(63)34(24-59)75-51)79-50-46(67)43(64)35(26-74-50)76-49-45(66)41(62)31(60)25-73-49)54(3,4)36(55)14-17-56(37,6)58(29)21-28(58)20-57(30,52(68)69)23-39(53)77-40(61)13-10-27-18-32(70-7)47(72-9)33(19-27)71-8/h10-11,13,18-19,28,30-31,34-39,41-46,48-51,59-60,62-67H,12,14-17,20-26H2,1-9H3,(H,68,69)/b13-10-/t28-,30-,31+,34+,35+,36-,37+,38-,39-,41-,42+,43-,44-,45+,46+,48+,49-,50-,51-,55-,56+,57+,58+/m0/s1. The molecule has 8 fully saturated rings. The van der Waals surface area contributed by atoms with Gasteiger partial charge in [-0.15, -0.1) is 0 Å². The molecule has 442 valence electrons. The van der Waals surface area contributed by atoms with Crippen LogP contribution in [0.5, 0.6) is 17.2 Å². The number of fused-ring (bicyclic) bond motifs is 5. The first-order valence-electron chi connectivity index (χ1n) is 28.1. The van der Waals surface area contributed by atoms with Crippen molar-refractivity contribution < 1.29 is 103 Å². The quantitative estimate of drug-likeness (QED) is 0.0560. The van der Waals surface area contributed by atoms with Crippen molar-refractivity contribution in [3.63, 3.8) is 0 Å². The number of allylic oxidation sites excluding steroid dienone is 2. The fraction of sp³-hybridized carbons (Fsp3) is 0.793. The van der Waals surface area contributed by atoms with E-state index in [9.17, 15) is 55.5 Å². The summed E-state index contributed by atoms with van der Waals surface area (Å²) in [6.07, 6.45) is -9.35. The number of carbonyl (C=O) groups is 2. The van der Waals surface area contributed by atoms with E-state index in [4.69, 9.17) is 47.4 Å². The maximum Gasteiger partial charge on any atom is 0.331 e. The fourth-order valence-corrected chi connectivity index (χ4v) is 17.1. The molecule has 3 heterocycles. The average Bonchev–Trinajstić information content (AvgIpc) is 3.08. The molecule has 1 aromatic rings. The molecule has 9 aliphatic rings. The highest BCUT2D eigenvalue weighted by molar-refractivity contribution is 5.87. The molecule has 0 aromatic heterocycles. The number of hydrogen-bond acceptors (Lipinski definition) is 20. The number of aliphatic hydroxyl groups excluding tert-OH is 8. The molecular formula is C58H84O21. The highest BCUT2D eigenvalue weighted by Gasteiger charge is 2.79. The molecule has 1 spiro atoms. The molecule has 3 saturated heterocycles. The summed E-state index contributed by atoms with van der Waals surface area (Å²) in [6, 6.07) is 3.45. The molecule has 0 radical (unpaired) electrons. The Hall–Kier alpha value is -3.52. The van der Waals surface area contributed by atoms with E-state index >= 15 is 0 Å². The van der Waals surface area contributed by atoms with Crippen LogP contribution in [0.1, 0.15) is 105 Å². The molecule has 0 unspecified atom stereocenters. The van der Waals surface area contributed by atoms with Crippen LogP contribution in [-0.2, 0) is 42.7 Å². The Bertz CT molecular complexity index is 2470.